The highest BCUT2D eigenvalue weighted by Gasteiger charge is 2.18. The largest absolute Gasteiger partial charge is 0.726 e. The van der Waals surface area contributed by atoms with E-state index in [4.69, 9.17) is 4.74 Å². The second-order valence-corrected chi connectivity index (χ2v) is 9.05. The molecule has 172 valence electrons. The Hall–Kier alpha value is -3.26. The van der Waals surface area contributed by atoms with Gasteiger partial charge in [-0.3, -0.25) is 4.18 Å². The van der Waals surface area contributed by atoms with Crippen molar-refractivity contribution in [1.29, 1.82) is 0 Å². The number of ether oxygens (including phenoxy) is 1. The van der Waals surface area contributed by atoms with Gasteiger partial charge in [0.25, 0.3) is 0 Å². The fourth-order valence-electron chi connectivity index (χ4n) is 3.39. The number of rotatable bonds is 3. The molecule has 0 fully saturated rings. The summed E-state index contributed by atoms with van der Waals surface area (Å²) in [5.41, 5.74) is 8.34. The summed E-state index contributed by atoms with van der Waals surface area (Å²) >= 11 is 0. The summed E-state index contributed by atoms with van der Waals surface area (Å²) in [7, 11) is -1.56. The second-order valence-electron chi connectivity index (χ2n) is 7.90. The van der Waals surface area contributed by atoms with Gasteiger partial charge >= 0.3 is 0 Å². The standard InChI is InChI=1S/C25H24NO.CH4O4S/c1-17-5-8-20(9-6-17)25-15-22(14-21-11-12-26(4)16-19(21)3)23-13-18(2)7-10-24(23)27-25;1-5-6(2,3)4/h5-16H,1-4H3;1H3,(H,2,3,4)/q+1;/p-1. The topological polar surface area (TPSA) is 79.5 Å². The molecule has 7 heteroatoms. The first-order valence-corrected chi connectivity index (χ1v) is 11.7. The van der Waals surface area contributed by atoms with Crippen LogP contribution >= 0.6 is 0 Å². The number of aromatic nitrogens is 1. The lowest BCUT2D eigenvalue weighted by Gasteiger charge is -2.21. The van der Waals surface area contributed by atoms with Crippen molar-refractivity contribution < 1.29 is 26.5 Å². The average molecular weight is 466 g/mol. The Bertz CT molecular complexity index is 1320. The van der Waals surface area contributed by atoms with Gasteiger partial charge in [0.05, 0.1) is 7.11 Å². The smallest absolute Gasteiger partial charge is 0.217 e. The number of pyridine rings is 1. The third-order valence-electron chi connectivity index (χ3n) is 5.15. The highest BCUT2D eigenvalue weighted by molar-refractivity contribution is 7.80. The van der Waals surface area contributed by atoms with Gasteiger partial charge in [0.15, 0.2) is 12.4 Å². The quantitative estimate of drug-likeness (QED) is 0.323. The lowest BCUT2D eigenvalue weighted by atomic mass is 9.95. The molecule has 0 bridgehead atoms. The maximum Gasteiger partial charge on any atom is 0.217 e. The molecule has 6 nitrogen and oxygen atoms in total. The van der Waals surface area contributed by atoms with E-state index in [1.165, 1.54) is 27.8 Å². The monoisotopic (exact) mass is 465 g/mol. The fraction of sp³-hybridized carbons (Fsp3) is 0.192. The molecule has 0 spiro atoms. The van der Waals surface area contributed by atoms with Crippen molar-refractivity contribution in [2.45, 2.75) is 20.8 Å². The van der Waals surface area contributed by atoms with E-state index in [0.717, 1.165) is 29.7 Å². The predicted molar refractivity (Wildman–Crippen MR) is 128 cm³/mol. The lowest BCUT2D eigenvalue weighted by Crippen LogP contribution is -2.26. The van der Waals surface area contributed by atoms with Gasteiger partial charge in [-0.25, -0.2) is 13.0 Å². The molecule has 0 atom stereocenters. The number of aryl methyl sites for hydroxylation is 4. The van der Waals surface area contributed by atoms with E-state index < -0.39 is 10.4 Å². The highest BCUT2D eigenvalue weighted by Crippen LogP contribution is 2.38. The summed E-state index contributed by atoms with van der Waals surface area (Å²) in [5.74, 6) is 1.79. The first-order chi connectivity index (χ1) is 15.6. The van der Waals surface area contributed by atoms with Gasteiger partial charge < -0.3 is 9.29 Å². The number of hydrogen-bond donors (Lipinski definition) is 0. The van der Waals surface area contributed by atoms with E-state index in [0.29, 0.717) is 0 Å². The third kappa shape index (κ3) is 6.61. The minimum atomic E-state index is -4.41. The molecule has 3 aromatic rings. The van der Waals surface area contributed by atoms with Crippen LogP contribution in [0.5, 0.6) is 5.75 Å². The molecular weight excluding hydrogens is 438 g/mol. The van der Waals surface area contributed by atoms with Gasteiger partial charge in [-0.05, 0) is 56.2 Å². The molecule has 33 heavy (non-hydrogen) atoms. The normalized spacial score (nSPS) is 14.0. The van der Waals surface area contributed by atoms with Crippen molar-refractivity contribution in [2.24, 2.45) is 7.05 Å². The summed E-state index contributed by atoms with van der Waals surface area (Å²) in [4.78, 5) is 0. The molecule has 1 aliphatic heterocycles. The van der Waals surface area contributed by atoms with Crippen LogP contribution in [0.1, 0.15) is 33.4 Å². The Morgan fingerprint density at radius 1 is 1.00 bits per heavy atom. The molecule has 0 radical (unpaired) electrons. The third-order valence-corrected chi connectivity index (χ3v) is 5.55. The van der Waals surface area contributed by atoms with Crippen LogP contribution in [0, 0.1) is 20.8 Å². The van der Waals surface area contributed by atoms with Crippen LogP contribution in [0.3, 0.4) is 0 Å². The van der Waals surface area contributed by atoms with Crippen LogP contribution in [-0.2, 0) is 21.6 Å². The van der Waals surface area contributed by atoms with Gasteiger partial charge in [-0.2, -0.15) is 0 Å². The lowest BCUT2D eigenvalue weighted by molar-refractivity contribution is -0.671. The maximum atomic E-state index is 9.22. The molecular formula is C26H27NO5S. The molecule has 2 heterocycles. The first kappa shape index (κ1) is 24.4. The Balaban J connectivity index is 0.000000454. The van der Waals surface area contributed by atoms with Gasteiger partial charge in [-0.15, -0.1) is 0 Å². The van der Waals surface area contributed by atoms with Crippen molar-refractivity contribution in [1.82, 2.24) is 0 Å². The van der Waals surface area contributed by atoms with Crippen LogP contribution in [0.25, 0.3) is 17.4 Å². The van der Waals surface area contributed by atoms with Crippen LogP contribution in [0.4, 0.5) is 0 Å². The van der Waals surface area contributed by atoms with Gasteiger partial charge in [0.1, 0.15) is 18.6 Å². The van der Waals surface area contributed by atoms with Crippen LogP contribution in [0.15, 0.2) is 67.0 Å². The predicted octanol–water partition coefficient (Wildman–Crippen LogP) is 4.50. The number of nitrogens with zero attached hydrogens (tertiary/aromatic N) is 1. The van der Waals surface area contributed by atoms with Crippen molar-refractivity contribution in [2.75, 3.05) is 7.11 Å². The maximum absolute atomic E-state index is 9.22. The van der Waals surface area contributed by atoms with Crippen molar-refractivity contribution in [3.8, 4) is 5.75 Å². The van der Waals surface area contributed by atoms with E-state index in [-0.39, 0.29) is 0 Å². The molecule has 1 aliphatic rings. The van der Waals surface area contributed by atoms with Crippen molar-refractivity contribution in [3.63, 3.8) is 0 Å². The highest BCUT2D eigenvalue weighted by atomic mass is 32.3. The minimum absolute atomic E-state index is 0.808. The van der Waals surface area contributed by atoms with Crippen LogP contribution in [0.2, 0.25) is 0 Å². The average Bonchev–Trinajstić information content (AvgIpc) is 2.76. The number of benzene rings is 2. The molecule has 0 amide bonds. The Kier molecular flexibility index (Phi) is 7.48. The summed E-state index contributed by atoms with van der Waals surface area (Å²) < 4.78 is 39.3. The molecule has 0 aliphatic carbocycles. The molecule has 0 unspecified atom stereocenters. The zero-order valence-corrected chi connectivity index (χ0v) is 20.1. The first-order valence-electron chi connectivity index (χ1n) is 10.3. The molecule has 0 saturated carbocycles. The van der Waals surface area contributed by atoms with Gasteiger partial charge in [-0.1, -0.05) is 41.5 Å². The zero-order chi connectivity index (χ0) is 24.2. The van der Waals surface area contributed by atoms with E-state index >= 15 is 0 Å². The Morgan fingerprint density at radius 2 is 1.64 bits per heavy atom. The Morgan fingerprint density at radius 3 is 2.24 bits per heavy atom. The molecule has 0 N–H and O–H groups in total. The molecule has 0 saturated heterocycles. The summed E-state index contributed by atoms with van der Waals surface area (Å²) in [6, 6.07) is 17.0. The fourth-order valence-corrected chi connectivity index (χ4v) is 3.39. The summed E-state index contributed by atoms with van der Waals surface area (Å²) in [6.07, 6.45) is 8.64. The van der Waals surface area contributed by atoms with Crippen LogP contribution in [-0.4, -0.2) is 20.1 Å². The molecule has 2 aromatic carbocycles. The number of fused-ring (bicyclic) bond motifs is 1. The number of allylic oxidation sites excluding steroid dienone is 2. The second kappa shape index (κ2) is 10.1. The molecule has 1 aromatic heterocycles. The van der Waals surface area contributed by atoms with Gasteiger partial charge in [0, 0.05) is 22.8 Å². The SMILES string of the molecule is COS(=O)(=O)[O-].Cc1ccc(C2=CC(=Cc3cc[n+](C)cc3C)c3cc(C)ccc3O2)cc1. The summed E-state index contributed by atoms with van der Waals surface area (Å²) in [5, 5.41) is 0. The van der Waals surface area contributed by atoms with Crippen LogP contribution < -0.4 is 9.30 Å². The van der Waals surface area contributed by atoms with Crippen molar-refractivity contribution in [3.05, 3.63) is 100 Å². The van der Waals surface area contributed by atoms with E-state index in [1.807, 2.05) is 7.05 Å². The Labute approximate surface area is 195 Å². The van der Waals surface area contributed by atoms with E-state index in [2.05, 4.69) is 103 Å². The molecule has 4 rings (SSSR count). The zero-order valence-electron chi connectivity index (χ0n) is 19.3. The van der Waals surface area contributed by atoms with E-state index in [9.17, 15) is 13.0 Å². The number of hydrogen-bond acceptors (Lipinski definition) is 5. The van der Waals surface area contributed by atoms with Gasteiger partial charge in [0.2, 0.25) is 10.4 Å². The summed E-state index contributed by atoms with van der Waals surface area (Å²) in [6.45, 7) is 6.36. The minimum Gasteiger partial charge on any atom is -0.726 e. The van der Waals surface area contributed by atoms with E-state index in [1.54, 1.807) is 0 Å². The van der Waals surface area contributed by atoms with Crippen molar-refractivity contribution >= 4 is 27.8 Å².